The van der Waals surface area contributed by atoms with E-state index in [1.165, 1.54) is 19.3 Å². The van der Waals surface area contributed by atoms with Gasteiger partial charge < -0.3 is 15.3 Å². The molecule has 0 aromatic carbocycles. The highest BCUT2D eigenvalue weighted by atomic mass is 16.3. The number of nitrogens with zero attached hydrogens (tertiary/aromatic N) is 1. The van der Waals surface area contributed by atoms with E-state index in [9.17, 15) is 5.11 Å². The molecule has 19 heavy (non-hydrogen) atoms. The molecular weight excluding hydrogens is 236 g/mol. The van der Waals surface area contributed by atoms with Crippen molar-refractivity contribution in [1.29, 1.82) is 0 Å². The van der Waals surface area contributed by atoms with Crippen molar-refractivity contribution in [3.63, 3.8) is 0 Å². The molecule has 0 saturated heterocycles. The SMILES string of the molecule is CCNC1C(CN(C)CCC(C)O)CCCC1(C)C. The topological polar surface area (TPSA) is 35.5 Å². The first kappa shape index (κ1) is 16.9. The molecule has 0 spiro atoms. The average Bonchev–Trinajstić information content (AvgIpc) is 2.31. The maximum absolute atomic E-state index is 9.39. The summed E-state index contributed by atoms with van der Waals surface area (Å²) in [5.41, 5.74) is 0.407. The van der Waals surface area contributed by atoms with Crippen molar-refractivity contribution >= 4 is 0 Å². The molecule has 3 atom stereocenters. The number of aliphatic hydroxyl groups is 1. The summed E-state index contributed by atoms with van der Waals surface area (Å²) >= 11 is 0. The van der Waals surface area contributed by atoms with Crippen molar-refractivity contribution in [3.05, 3.63) is 0 Å². The quantitative estimate of drug-likeness (QED) is 0.746. The number of hydrogen-bond donors (Lipinski definition) is 2. The standard InChI is InChI=1S/C16H34N2O/c1-6-17-15-14(8-7-10-16(15,3)4)12-18(5)11-9-13(2)19/h13-15,17,19H,6-12H2,1-5H3. The van der Waals surface area contributed by atoms with Gasteiger partial charge in [0.15, 0.2) is 0 Å². The predicted octanol–water partition coefficient (Wildman–Crippen LogP) is 2.49. The van der Waals surface area contributed by atoms with Crippen LogP contribution in [0.25, 0.3) is 0 Å². The molecule has 0 radical (unpaired) electrons. The second-order valence-electron chi connectivity index (χ2n) is 7.08. The van der Waals surface area contributed by atoms with Crippen LogP contribution in [0.15, 0.2) is 0 Å². The molecule has 0 bridgehead atoms. The molecule has 2 N–H and O–H groups in total. The van der Waals surface area contributed by atoms with Gasteiger partial charge in [-0.2, -0.15) is 0 Å². The molecule has 3 nitrogen and oxygen atoms in total. The van der Waals surface area contributed by atoms with E-state index in [-0.39, 0.29) is 6.10 Å². The fourth-order valence-corrected chi connectivity index (χ4v) is 3.54. The Hall–Kier alpha value is -0.120. The molecule has 0 amide bonds. The van der Waals surface area contributed by atoms with Gasteiger partial charge in [0.25, 0.3) is 0 Å². The molecule has 3 heteroatoms. The normalized spacial score (nSPS) is 28.6. The van der Waals surface area contributed by atoms with Crippen LogP contribution in [-0.2, 0) is 0 Å². The van der Waals surface area contributed by atoms with E-state index >= 15 is 0 Å². The Morgan fingerprint density at radius 3 is 2.68 bits per heavy atom. The van der Waals surface area contributed by atoms with Crippen molar-refractivity contribution in [1.82, 2.24) is 10.2 Å². The van der Waals surface area contributed by atoms with Crippen LogP contribution >= 0.6 is 0 Å². The highest BCUT2D eigenvalue weighted by Crippen LogP contribution is 2.39. The lowest BCUT2D eigenvalue weighted by molar-refractivity contribution is 0.0813. The zero-order valence-corrected chi connectivity index (χ0v) is 13.6. The summed E-state index contributed by atoms with van der Waals surface area (Å²) in [4.78, 5) is 2.39. The number of nitrogens with one attached hydrogen (secondary N) is 1. The summed E-state index contributed by atoms with van der Waals surface area (Å²) in [6, 6.07) is 0.625. The summed E-state index contributed by atoms with van der Waals surface area (Å²) in [5.74, 6) is 0.739. The first-order chi connectivity index (χ1) is 8.86. The van der Waals surface area contributed by atoms with Crippen molar-refractivity contribution in [2.24, 2.45) is 11.3 Å². The second kappa shape index (κ2) is 7.61. The van der Waals surface area contributed by atoms with E-state index in [2.05, 4.69) is 38.0 Å². The Bertz CT molecular complexity index is 253. The monoisotopic (exact) mass is 270 g/mol. The Kier molecular flexibility index (Phi) is 6.78. The zero-order chi connectivity index (χ0) is 14.5. The van der Waals surface area contributed by atoms with Crippen molar-refractivity contribution < 1.29 is 5.11 Å². The van der Waals surface area contributed by atoms with Gasteiger partial charge in [0.2, 0.25) is 0 Å². The summed E-state index contributed by atoms with van der Waals surface area (Å²) in [6.45, 7) is 12.1. The summed E-state index contributed by atoms with van der Waals surface area (Å²) in [5, 5.41) is 13.1. The minimum absolute atomic E-state index is 0.185. The lowest BCUT2D eigenvalue weighted by atomic mass is 9.67. The van der Waals surface area contributed by atoms with Crippen LogP contribution in [0.1, 0.15) is 53.4 Å². The van der Waals surface area contributed by atoms with Crippen molar-refractivity contribution in [2.45, 2.75) is 65.5 Å². The van der Waals surface area contributed by atoms with E-state index < -0.39 is 0 Å². The third-order valence-electron chi connectivity index (χ3n) is 4.61. The van der Waals surface area contributed by atoms with Crippen molar-refractivity contribution in [3.8, 4) is 0 Å². The fourth-order valence-electron chi connectivity index (χ4n) is 3.54. The first-order valence-corrected chi connectivity index (χ1v) is 7.96. The Morgan fingerprint density at radius 2 is 2.11 bits per heavy atom. The summed E-state index contributed by atoms with van der Waals surface area (Å²) in [6.07, 6.45) is 4.70. The largest absolute Gasteiger partial charge is 0.393 e. The maximum Gasteiger partial charge on any atom is 0.0524 e. The van der Waals surface area contributed by atoms with Gasteiger partial charge in [0.05, 0.1) is 6.10 Å². The molecule has 1 aliphatic carbocycles. The van der Waals surface area contributed by atoms with Crippen LogP contribution in [0.2, 0.25) is 0 Å². The Balaban J connectivity index is 2.53. The van der Waals surface area contributed by atoms with E-state index in [0.717, 1.165) is 32.0 Å². The number of hydrogen-bond acceptors (Lipinski definition) is 3. The molecule has 114 valence electrons. The van der Waals surface area contributed by atoms with Crippen LogP contribution < -0.4 is 5.32 Å². The van der Waals surface area contributed by atoms with Crippen LogP contribution in [0.3, 0.4) is 0 Å². The van der Waals surface area contributed by atoms with Gasteiger partial charge in [-0.15, -0.1) is 0 Å². The van der Waals surface area contributed by atoms with Gasteiger partial charge in [0, 0.05) is 19.1 Å². The molecule has 0 heterocycles. The van der Waals surface area contributed by atoms with Crippen molar-refractivity contribution in [2.75, 3.05) is 26.7 Å². The van der Waals surface area contributed by atoms with Crippen LogP contribution in [0.5, 0.6) is 0 Å². The van der Waals surface area contributed by atoms with E-state index in [1.807, 2.05) is 6.92 Å². The molecule has 0 aromatic heterocycles. The summed E-state index contributed by atoms with van der Waals surface area (Å²) < 4.78 is 0. The molecular formula is C16H34N2O. The summed E-state index contributed by atoms with van der Waals surface area (Å²) in [7, 11) is 2.19. The Morgan fingerprint density at radius 1 is 1.42 bits per heavy atom. The highest BCUT2D eigenvalue weighted by Gasteiger charge is 2.38. The van der Waals surface area contributed by atoms with Crippen LogP contribution in [-0.4, -0.2) is 48.8 Å². The lowest BCUT2D eigenvalue weighted by Gasteiger charge is -2.45. The minimum atomic E-state index is -0.185. The molecule has 1 rings (SSSR count). The van der Waals surface area contributed by atoms with Crippen LogP contribution in [0, 0.1) is 11.3 Å². The van der Waals surface area contributed by atoms with E-state index in [0.29, 0.717) is 11.5 Å². The minimum Gasteiger partial charge on any atom is -0.393 e. The lowest BCUT2D eigenvalue weighted by Crippen LogP contribution is -2.52. The van der Waals surface area contributed by atoms with Gasteiger partial charge in [-0.25, -0.2) is 0 Å². The molecule has 3 unspecified atom stereocenters. The molecule has 0 aliphatic heterocycles. The third kappa shape index (κ3) is 5.41. The maximum atomic E-state index is 9.39. The highest BCUT2D eigenvalue weighted by molar-refractivity contribution is 4.94. The number of rotatable bonds is 7. The molecule has 0 aromatic rings. The number of aliphatic hydroxyl groups excluding tert-OH is 1. The Labute approximate surface area is 119 Å². The predicted molar refractivity (Wildman–Crippen MR) is 82.4 cm³/mol. The third-order valence-corrected chi connectivity index (χ3v) is 4.61. The van der Waals surface area contributed by atoms with Gasteiger partial charge in [-0.3, -0.25) is 0 Å². The first-order valence-electron chi connectivity index (χ1n) is 7.96. The van der Waals surface area contributed by atoms with Crippen LogP contribution in [0.4, 0.5) is 0 Å². The average molecular weight is 270 g/mol. The van der Waals surface area contributed by atoms with Gasteiger partial charge in [0.1, 0.15) is 0 Å². The van der Waals surface area contributed by atoms with E-state index in [4.69, 9.17) is 0 Å². The zero-order valence-electron chi connectivity index (χ0n) is 13.6. The molecule has 1 aliphatic rings. The smallest absolute Gasteiger partial charge is 0.0524 e. The van der Waals surface area contributed by atoms with Gasteiger partial charge >= 0.3 is 0 Å². The molecule has 1 saturated carbocycles. The molecule has 1 fully saturated rings. The van der Waals surface area contributed by atoms with E-state index in [1.54, 1.807) is 0 Å². The second-order valence-corrected chi connectivity index (χ2v) is 7.08. The van der Waals surface area contributed by atoms with Gasteiger partial charge in [-0.05, 0) is 51.1 Å². The fraction of sp³-hybridized carbons (Fsp3) is 1.00. The van der Waals surface area contributed by atoms with Gasteiger partial charge in [-0.1, -0.05) is 27.2 Å².